The summed E-state index contributed by atoms with van der Waals surface area (Å²) in [5.41, 5.74) is 13.6. The Kier molecular flexibility index (Phi) is 7.91. The average Bonchev–Trinajstić information content (AvgIpc) is 3.93. The number of fused-ring (bicyclic) bond motifs is 10. The standard InChI is InChI=1S/C60H37NO2/c1-4-16-46-40(13-1)35-42(48-22-12-24-54-52-20-8-10-26-58(52)63-60(48)54)36-55(46)39-29-33-44(34-30-39)61(56-37-41-14-2-3-15-45(41)49-17-5-6-18-50(49)56)43-31-27-38(28-32-43)47-21-11-23-53-51-19-7-9-25-57(51)62-59(47)53/h1-37H. The van der Waals surface area contributed by atoms with Crippen LogP contribution in [0.5, 0.6) is 0 Å². The van der Waals surface area contributed by atoms with Gasteiger partial charge in [0.1, 0.15) is 22.3 Å². The van der Waals surface area contributed by atoms with Crippen molar-refractivity contribution < 1.29 is 8.83 Å². The second-order valence-electron chi connectivity index (χ2n) is 16.4. The van der Waals surface area contributed by atoms with E-state index in [1.807, 2.05) is 24.3 Å². The summed E-state index contributed by atoms with van der Waals surface area (Å²) in [7, 11) is 0. The van der Waals surface area contributed by atoms with Crippen molar-refractivity contribution in [3.8, 4) is 33.4 Å². The molecule has 13 aromatic rings. The van der Waals surface area contributed by atoms with Crippen LogP contribution in [0.3, 0.4) is 0 Å². The SMILES string of the molecule is c1ccc2c(-c3ccc(N(c4ccc(-c5cccc6c5oc5ccccc56)cc4)c4cc5ccccc5c5ccccc45)cc3)cc(-c3cccc4c3oc3ccccc34)cc2c1. The molecular formula is C60H37NO2. The first-order chi connectivity index (χ1) is 31.2. The number of rotatable bonds is 6. The van der Waals surface area contributed by atoms with Crippen LogP contribution in [-0.4, -0.2) is 0 Å². The Morgan fingerprint density at radius 1 is 0.270 bits per heavy atom. The van der Waals surface area contributed by atoms with E-state index in [2.05, 4.69) is 205 Å². The summed E-state index contributed by atoms with van der Waals surface area (Å²) in [6.45, 7) is 0. The molecule has 2 aromatic heterocycles. The summed E-state index contributed by atoms with van der Waals surface area (Å²) in [5, 5.41) is 11.8. The van der Waals surface area contributed by atoms with Crippen molar-refractivity contribution in [1.29, 1.82) is 0 Å². The van der Waals surface area contributed by atoms with Crippen molar-refractivity contribution in [2.45, 2.75) is 0 Å². The van der Waals surface area contributed by atoms with Crippen LogP contribution in [0.4, 0.5) is 17.1 Å². The first-order valence-corrected chi connectivity index (χ1v) is 21.5. The largest absolute Gasteiger partial charge is 0.455 e. The molecule has 0 spiro atoms. The van der Waals surface area contributed by atoms with Gasteiger partial charge in [-0.15, -0.1) is 0 Å². The highest BCUT2D eigenvalue weighted by molar-refractivity contribution is 6.15. The Morgan fingerprint density at radius 3 is 1.32 bits per heavy atom. The van der Waals surface area contributed by atoms with Gasteiger partial charge in [-0.1, -0.05) is 170 Å². The molecule has 0 aliphatic carbocycles. The number of para-hydroxylation sites is 4. The summed E-state index contributed by atoms with van der Waals surface area (Å²) >= 11 is 0. The Bertz CT molecular complexity index is 3910. The number of hydrogen-bond acceptors (Lipinski definition) is 3. The maximum absolute atomic E-state index is 6.53. The number of nitrogens with zero attached hydrogens (tertiary/aromatic N) is 1. The molecule has 0 saturated heterocycles. The predicted octanol–water partition coefficient (Wildman–Crippen LogP) is 17.4. The third-order valence-electron chi connectivity index (χ3n) is 12.8. The monoisotopic (exact) mass is 803 g/mol. The minimum absolute atomic E-state index is 0.901. The minimum atomic E-state index is 0.901. The van der Waals surface area contributed by atoms with E-state index in [0.717, 1.165) is 88.8 Å². The van der Waals surface area contributed by atoms with E-state index in [1.165, 1.54) is 37.9 Å². The van der Waals surface area contributed by atoms with Crippen LogP contribution < -0.4 is 4.90 Å². The van der Waals surface area contributed by atoms with Gasteiger partial charge in [0.05, 0.1) is 5.69 Å². The quantitative estimate of drug-likeness (QED) is 0.157. The molecule has 63 heavy (non-hydrogen) atoms. The molecule has 0 bridgehead atoms. The van der Waals surface area contributed by atoms with Gasteiger partial charge in [-0.25, -0.2) is 0 Å². The predicted molar refractivity (Wildman–Crippen MR) is 265 cm³/mol. The van der Waals surface area contributed by atoms with Gasteiger partial charge in [-0.05, 0) is 104 Å². The van der Waals surface area contributed by atoms with Crippen molar-refractivity contribution in [1.82, 2.24) is 0 Å². The highest BCUT2D eigenvalue weighted by Crippen LogP contribution is 2.45. The van der Waals surface area contributed by atoms with Crippen LogP contribution in [-0.2, 0) is 0 Å². The van der Waals surface area contributed by atoms with Gasteiger partial charge in [0.25, 0.3) is 0 Å². The Balaban J connectivity index is 0.965. The van der Waals surface area contributed by atoms with E-state index in [-0.39, 0.29) is 0 Å². The first kappa shape index (κ1) is 35.4. The molecule has 0 saturated carbocycles. The first-order valence-electron chi connectivity index (χ1n) is 21.5. The van der Waals surface area contributed by atoms with Gasteiger partial charge in [-0.2, -0.15) is 0 Å². The highest BCUT2D eigenvalue weighted by atomic mass is 16.3. The molecule has 0 atom stereocenters. The summed E-state index contributed by atoms with van der Waals surface area (Å²) < 4.78 is 13.0. The smallest absolute Gasteiger partial charge is 0.143 e. The van der Waals surface area contributed by atoms with Crippen LogP contribution in [0, 0.1) is 0 Å². The van der Waals surface area contributed by atoms with Gasteiger partial charge in [0.2, 0.25) is 0 Å². The zero-order chi connectivity index (χ0) is 41.4. The lowest BCUT2D eigenvalue weighted by Gasteiger charge is -2.28. The molecule has 0 unspecified atom stereocenters. The van der Waals surface area contributed by atoms with Crippen LogP contribution in [0.1, 0.15) is 0 Å². The fraction of sp³-hybridized carbons (Fsp3) is 0. The van der Waals surface area contributed by atoms with Crippen LogP contribution in [0.15, 0.2) is 233 Å². The molecule has 3 heteroatoms. The van der Waals surface area contributed by atoms with Crippen LogP contribution in [0.25, 0.3) is 110 Å². The number of hydrogen-bond donors (Lipinski definition) is 0. The molecule has 13 rings (SSSR count). The molecule has 294 valence electrons. The fourth-order valence-electron chi connectivity index (χ4n) is 9.88. The second-order valence-corrected chi connectivity index (χ2v) is 16.4. The molecule has 0 fully saturated rings. The minimum Gasteiger partial charge on any atom is -0.455 e. The number of anilines is 3. The molecule has 2 heterocycles. The topological polar surface area (TPSA) is 29.5 Å². The third kappa shape index (κ3) is 5.67. The molecule has 0 radical (unpaired) electrons. The zero-order valence-electron chi connectivity index (χ0n) is 34.1. The normalized spacial score (nSPS) is 11.8. The fourth-order valence-corrected chi connectivity index (χ4v) is 9.88. The average molecular weight is 804 g/mol. The zero-order valence-corrected chi connectivity index (χ0v) is 34.1. The van der Waals surface area contributed by atoms with E-state index >= 15 is 0 Å². The van der Waals surface area contributed by atoms with Crippen molar-refractivity contribution in [2.24, 2.45) is 0 Å². The van der Waals surface area contributed by atoms with E-state index in [9.17, 15) is 0 Å². The molecule has 0 aliphatic heterocycles. The van der Waals surface area contributed by atoms with E-state index in [4.69, 9.17) is 8.83 Å². The summed E-state index contributed by atoms with van der Waals surface area (Å²) in [4.78, 5) is 2.40. The maximum Gasteiger partial charge on any atom is 0.143 e. The van der Waals surface area contributed by atoms with Gasteiger partial charge in [0, 0.05) is 49.4 Å². The lowest BCUT2D eigenvalue weighted by Crippen LogP contribution is -2.10. The Morgan fingerprint density at radius 2 is 0.714 bits per heavy atom. The van der Waals surface area contributed by atoms with Gasteiger partial charge in [-0.3, -0.25) is 0 Å². The number of benzene rings is 11. The van der Waals surface area contributed by atoms with Crippen molar-refractivity contribution in [3.63, 3.8) is 0 Å². The van der Waals surface area contributed by atoms with E-state index in [1.54, 1.807) is 0 Å². The molecule has 3 nitrogen and oxygen atoms in total. The van der Waals surface area contributed by atoms with E-state index < -0.39 is 0 Å². The van der Waals surface area contributed by atoms with Crippen molar-refractivity contribution >= 4 is 93.3 Å². The third-order valence-corrected chi connectivity index (χ3v) is 12.8. The lowest BCUT2D eigenvalue weighted by atomic mass is 9.92. The van der Waals surface area contributed by atoms with Crippen LogP contribution in [0.2, 0.25) is 0 Å². The summed E-state index contributed by atoms with van der Waals surface area (Å²) in [6.07, 6.45) is 0. The molecule has 0 aliphatic rings. The molecule has 0 N–H and O–H groups in total. The van der Waals surface area contributed by atoms with E-state index in [0.29, 0.717) is 0 Å². The maximum atomic E-state index is 6.53. The summed E-state index contributed by atoms with van der Waals surface area (Å²) in [5.74, 6) is 0. The Labute approximate surface area is 363 Å². The van der Waals surface area contributed by atoms with Gasteiger partial charge in [0.15, 0.2) is 0 Å². The molecule has 0 amide bonds. The molecular weight excluding hydrogens is 767 g/mol. The lowest BCUT2D eigenvalue weighted by molar-refractivity contribution is 0.669. The molecule has 11 aromatic carbocycles. The van der Waals surface area contributed by atoms with Gasteiger partial charge < -0.3 is 13.7 Å². The van der Waals surface area contributed by atoms with Crippen LogP contribution >= 0.6 is 0 Å². The van der Waals surface area contributed by atoms with Crippen molar-refractivity contribution in [3.05, 3.63) is 224 Å². The summed E-state index contributed by atoms with van der Waals surface area (Å²) in [6, 6.07) is 80.6. The Hall–Kier alpha value is -8.40. The van der Waals surface area contributed by atoms with Gasteiger partial charge >= 0.3 is 0 Å². The van der Waals surface area contributed by atoms with Crippen molar-refractivity contribution in [2.75, 3.05) is 4.90 Å². The second kappa shape index (κ2) is 14.1. The highest BCUT2D eigenvalue weighted by Gasteiger charge is 2.20. The number of furan rings is 2.